The highest BCUT2D eigenvalue weighted by atomic mass is 32.1. The molecule has 1 N–H and O–H groups in total. The van der Waals surface area contributed by atoms with E-state index in [2.05, 4.69) is 15.3 Å². The van der Waals surface area contributed by atoms with Crippen molar-refractivity contribution >= 4 is 28.8 Å². The zero-order valence-corrected chi connectivity index (χ0v) is 13.3. The second kappa shape index (κ2) is 5.98. The van der Waals surface area contributed by atoms with Gasteiger partial charge in [0, 0.05) is 22.2 Å². The lowest BCUT2D eigenvalue weighted by Crippen LogP contribution is -2.18. The van der Waals surface area contributed by atoms with E-state index in [0.29, 0.717) is 22.7 Å². The molecule has 118 valence electrons. The van der Waals surface area contributed by atoms with E-state index >= 15 is 0 Å². The monoisotopic (exact) mass is 337 g/mol. The topological polar surface area (TPSA) is 54.4 Å². The predicted octanol–water partition coefficient (Wildman–Crippen LogP) is 3.81. The number of rotatable bonds is 2. The molecule has 0 fully saturated rings. The van der Waals surface area contributed by atoms with Crippen molar-refractivity contribution in [2.45, 2.75) is 6.04 Å². The molecule has 1 aliphatic heterocycles. The molecule has 4 rings (SSSR count). The highest BCUT2D eigenvalue weighted by Gasteiger charge is 2.28. The van der Waals surface area contributed by atoms with Gasteiger partial charge < -0.3 is 5.32 Å². The summed E-state index contributed by atoms with van der Waals surface area (Å²) in [5.41, 5.74) is 1.84. The summed E-state index contributed by atoms with van der Waals surface area (Å²) in [5.74, 6) is -0.162. The van der Waals surface area contributed by atoms with Crippen molar-refractivity contribution in [2.75, 3.05) is 5.32 Å². The van der Waals surface area contributed by atoms with Gasteiger partial charge in [0.15, 0.2) is 6.04 Å². The van der Waals surface area contributed by atoms with E-state index in [-0.39, 0.29) is 11.7 Å². The molecule has 4 nitrogen and oxygen atoms in total. The molecule has 1 amide bonds. The van der Waals surface area contributed by atoms with Crippen LogP contribution in [0.15, 0.2) is 65.1 Å². The lowest BCUT2D eigenvalue weighted by Gasteiger charge is -2.09. The fourth-order valence-electron chi connectivity index (χ4n) is 2.64. The van der Waals surface area contributed by atoms with E-state index in [4.69, 9.17) is 0 Å². The highest BCUT2D eigenvalue weighted by molar-refractivity contribution is 7.10. The molecule has 1 aliphatic rings. The number of hydrogen-bond acceptors (Lipinski definition) is 4. The van der Waals surface area contributed by atoms with Crippen LogP contribution in [0.1, 0.15) is 22.0 Å². The quantitative estimate of drug-likeness (QED) is 0.773. The predicted molar refractivity (Wildman–Crippen MR) is 92.0 cm³/mol. The number of anilines is 1. The van der Waals surface area contributed by atoms with E-state index in [1.807, 2.05) is 23.6 Å². The standard InChI is InChI=1S/C18H12FN3OS/c19-12-5-1-4-11(10-12)15-13-6-2-8-20-17(13)22-18(23)16(21-15)14-7-3-9-24-14/h1-10,16H,(H,20,22,23). The average molecular weight is 337 g/mol. The van der Waals surface area contributed by atoms with E-state index < -0.39 is 6.04 Å². The number of amides is 1. The summed E-state index contributed by atoms with van der Waals surface area (Å²) in [5, 5.41) is 4.72. The highest BCUT2D eigenvalue weighted by Crippen LogP contribution is 2.30. The zero-order chi connectivity index (χ0) is 16.5. The lowest BCUT2D eigenvalue weighted by molar-refractivity contribution is -0.117. The van der Waals surface area contributed by atoms with E-state index in [1.54, 1.807) is 24.4 Å². The van der Waals surface area contributed by atoms with Crippen LogP contribution in [-0.2, 0) is 4.79 Å². The number of nitrogens with zero attached hydrogens (tertiary/aromatic N) is 2. The molecule has 6 heteroatoms. The first-order chi connectivity index (χ1) is 11.7. The third-order valence-corrected chi connectivity index (χ3v) is 4.65. The van der Waals surface area contributed by atoms with Crippen molar-refractivity contribution in [3.63, 3.8) is 0 Å². The van der Waals surface area contributed by atoms with Crippen LogP contribution in [0, 0.1) is 5.82 Å². The van der Waals surface area contributed by atoms with Crippen LogP contribution < -0.4 is 5.32 Å². The fraction of sp³-hybridized carbons (Fsp3) is 0.0556. The van der Waals surface area contributed by atoms with Gasteiger partial charge in [-0.15, -0.1) is 11.3 Å². The minimum Gasteiger partial charge on any atom is -0.308 e. The maximum atomic E-state index is 13.7. The minimum absolute atomic E-state index is 0.246. The van der Waals surface area contributed by atoms with Crippen molar-refractivity contribution in [1.29, 1.82) is 0 Å². The number of fused-ring (bicyclic) bond motifs is 1. The summed E-state index contributed by atoms with van der Waals surface area (Å²) in [6, 6.07) is 12.9. The summed E-state index contributed by atoms with van der Waals surface area (Å²) in [7, 11) is 0. The Morgan fingerprint density at radius 1 is 1.12 bits per heavy atom. The Labute approximate surface area is 141 Å². The number of thiophene rings is 1. The Bertz CT molecular complexity index is 937. The molecule has 1 unspecified atom stereocenters. The first-order valence-corrected chi connectivity index (χ1v) is 8.24. The van der Waals surface area contributed by atoms with Crippen LogP contribution in [0.5, 0.6) is 0 Å². The zero-order valence-electron chi connectivity index (χ0n) is 12.4. The third kappa shape index (κ3) is 2.61. The summed E-state index contributed by atoms with van der Waals surface area (Å²) in [6.45, 7) is 0. The van der Waals surface area contributed by atoms with Crippen molar-refractivity contribution < 1.29 is 9.18 Å². The Hall–Kier alpha value is -2.86. The fourth-order valence-corrected chi connectivity index (χ4v) is 3.40. The number of nitrogens with one attached hydrogen (secondary N) is 1. The number of hydrogen-bond donors (Lipinski definition) is 1. The Morgan fingerprint density at radius 3 is 2.83 bits per heavy atom. The van der Waals surface area contributed by atoms with Gasteiger partial charge >= 0.3 is 0 Å². The third-order valence-electron chi connectivity index (χ3n) is 3.72. The number of aliphatic imine (C=N–C) groups is 1. The van der Waals surface area contributed by atoms with Crippen molar-refractivity contribution in [2.24, 2.45) is 4.99 Å². The van der Waals surface area contributed by atoms with Gasteiger partial charge in [-0.25, -0.2) is 9.37 Å². The molecule has 0 aliphatic carbocycles. The van der Waals surface area contributed by atoms with Gasteiger partial charge in [-0.05, 0) is 35.7 Å². The van der Waals surface area contributed by atoms with Crippen LogP contribution in [0.4, 0.5) is 10.2 Å². The number of carbonyl (C=O) groups is 1. The first kappa shape index (κ1) is 14.7. The van der Waals surface area contributed by atoms with Gasteiger partial charge in [0.05, 0.1) is 5.71 Å². The molecule has 0 bridgehead atoms. The summed E-state index contributed by atoms with van der Waals surface area (Å²) in [4.78, 5) is 22.3. The molecule has 0 saturated carbocycles. The molecule has 1 atom stereocenters. The normalized spacial score (nSPS) is 16.8. The van der Waals surface area contributed by atoms with E-state index in [0.717, 1.165) is 4.88 Å². The second-order valence-electron chi connectivity index (χ2n) is 5.29. The first-order valence-electron chi connectivity index (χ1n) is 7.36. The molecule has 0 saturated heterocycles. The number of halogens is 1. The van der Waals surface area contributed by atoms with Crippen LogP contribution in [-0.4, -0.2) is 16.6 Å². The number of carbonyl (C=O) groups excluding carboxylic acids is 1. The van der Waals surface area contributed by atoms with Crippen LogP contribution >= 0.6 is 11.3 Å². The molecule has 1 aromatic carbocycles. The molecule has 24 heavy (non-hydrogen) atoms. The van der Waals surface area contributed by atoms with Crippen LogP contribution in [0.2, 0.25) is 0 Å². The van der Waals surface area contributed by atoms with Crippen molar-refractivity contribution in [1.82, 2.24) is 4.98 Å². The Balaban J connectivity index is 1.94. The van der Waals surface area contributed by atoms with Gasteiger partial charge in [-0.2, -0.15) is 0 Å². The van der Waals surface area contributed by atoms with E-state index in [9.17, 15) is 9.18 Å². The smallest absolute Gasteiger partial charge is 0.255 e. The Morgan fingerprint density at radius 2 is 2.04 bits per heavy atom. The van der Waals surface area contributed by atoms with Gasteiger partial charge in [0.2, 0.25) is 0 Å². The van der Waals surface area contributed by atoms with Crippen molar-refractivity contribution in [3.8, 4) is 0 Å². The summed E-state index contributed by atoms with van der Waals surface area (Å²) >= 11 is 1.46. The molecule has 0 spiro atoms. The van der Waals surface area contributed by atoms with Crippen molar-refractivity contribution in [3.05, 3.63) is 81.9 Å². The maximum absolute atomic E-state index is 13.7. The van der Waals surface area contributed by atoms with Gasteiger partial charge in [0.25, 0.3) is 5.91 Å². The molecular formula is C18H12FN3OS. The van der Waals surface area contributed by atoms with Crippen LogP contribution in [0.25, 0.3) is 0 Å². The number of aromatic nitrogens is 1. The largest absolute Gasteiger partial charge is 0.308 e. The Kier molecular flexibility index (Phi) is 3.66. The molecule has 3 heterocycles. The second-order valence-corrected chi connectivity index (χ2v) is 6.27. The van der Waals surface area contributed by atoms with Gasteiger partial charge in [-0.3, -0.25) is 9.79 Å². The number of benzene rings is 1. The molecule has 2 aromatic heterocycles. The SMILES string of the molecule is O=C1Nc2ncccc2C(c2cccc(F)c2)=NC1c1cccs1. The number of pyridine rings is 1. The van der Waals surface area contributed by atoms with Crippen LogP contribution in [0.3, 0.4) is 0 Å². The molecule has 0 radical (unpaired) electrons. The summed E-state index contributed by atoms with van der Waals surface area (Å²) in [6.07, 6.45) is 1.60. The molecular weight excluding hydrogens is 325 g/mol. The van der Waals surface area contributed by atoms with Gasteiger partial charge in [-0.1, -0.05) is 18.2 Å². The maximum Gasteiger partial charge on any atom is 0.255 e. The molecule has 3 aromatic rings. The van der Waals surface area contributed by atoms with E-state index in [1.165, 1.54) is 23.5 Å². The summed E-state index contributed by atoms with van der Waals surface area (Å²) < 4.78 is 13.7. The minimum atomic E-state index is -0.683. The van der Waals surface area contributed by atoms with Gasteiger partial charge in [0.1, 0.15) is 11.6 Å². The average Bonchev–Trinajstić information content (AvgIpc) is 3.06. The lowest BCUT2D eigenvalue weighted by atomic mass is 10.0.